The molecular formula is C38H44N7O5S3Si. The fraction of sp³-hybridized carbons (Fsp3) is 0.474. The van der Waals surface area contributed by atoms with Gasteiger partial charge in [0, 0.05) is 65.3 Å². The Hall–Kier alpha value is -3.72. The third-order valence-electron chi connectivity index (χ3n) is 10.7. The van der Waals surface area contributed by atoms with Crippen molar-refractivity contribution in [2.45, 2.75) is 83.4 Å². The lowest BCUT2D eigenvalue weighted by atomic mass is 9.69. The zero-order chi connectivity index (χ0) is 38.4. The summed E-state index contributed by atoms with van der Waals surface area (Å²) >= 11 is 10.8. The number of aryl methyl sites for hydroxylation is 1. The molecule has 2 atom stereocenters. The molecule has 0 spiro atoms. The van der Waals surface area contributed by atoms with E-state index < -0.39 is 43.1 Å². The lowest BCUT2D eigenvalue weighted by Crippen LogP contribution is -2.62. The molecule has 2 fully saturated rings. The number of aromatic nitrogens is 3. The second-order valence-electron chi connectivity index (χ2n) is 15.0. The number of pyridine rings is 1. The summed E-state index contributed by atoms with van der Waals surface area (Å²) in [6.45, 7) is 7.43. The molecule has 1 N–H and O–H groups in total. The number of carbonyl (C=O) groups excluding carboxylic acids is 3. The lowest BCUT2D eigenvalue weighted by molar-refractivity contribution is -0.156. The molecule has 54 heavy (non-hydrogen) atoms. The van der Waals surface area contributed by atoms with Gasteiger partial charge in [-0.05, 0) is 75.3 Å². The molecule has 283 valence electrons. The largest absolute Gasteiger partial charge is 0.464 e. The summed E-state index contributed by atoms with van der Waals surface area (Å²) in [6, 6.07) is 11.9. The highest BCUT2D eigenvalue weighted by Gasteiger charge is 2.48. The summed E-state index contributed by atoms with van der Waals surface area (Å²) < 4.78 is 15.4. The maximum absolute atomic E-state index is 14.3. The number of ether oxygens (including phenoxy) is 2. The Balaban J connectivity index is 1.37. The molecule has 1 aliphatic carbocycles. The van der Waals surface area contributed by atoms with Crippen molar-refractivity contribution < 1.29 is 23.9 Å². The standard InChI is InChI=1S/C38H44N7O5S3Si/c1-5-43-28-12-11-23-17-25(28)26(32(43)24-9-6-15-40-31(24)34(51)49-4)18-37(2,3)22-50-33(46)29-10-7-16-44(45(29)52)36(48)54(20-30-41-27(23)19-53-30)42-35(47)38(21-39)13-8-14-38/h6,9,11-12,15,17,19,29,34,51-52H,5,7-8,10,13-14,16,18,20,22H2,1-4H3,(H,42,47)/t29-,34?/m0/s1. The van der Waals surface area contributed by atoms with Crippen LogP contribution in [0.4, 0.5) is 4.79 Å². The molecule has 3 aliphatic rings. The molecule has 12 nitrogen and oxygen atoms in total. The van der Waals surface area contributed by atoms with Gasteiger partial charge < -0.3 is 19.0 Å². The molecule has 1 aromatic carbocycles. The number of thiol groups is 2. The molecule has 2 aliphatic heterocycles. The van der Waals surface area contributed by atoms with Gasteiger partial charge in [-0.15, -0.1) is 24.0 Å². The minimum Gasteiger partial charge on any atom is -0.464 e. The Labute approximate surface area is 331 Å². The second kappa shape index (κ2) is 15.4. The van der Waals surface area contributed by atoms with Gasteiger partial charge >= 0.3 is 5.97 Å². The van der Waals surface area contributed by atoms with Gasteiger partial charge in [-0.2, -0.15) is 9.68 Å². The second-order valence-corrected chi connectivity index (χ2v) is 18.8. The number of amides is 2. The van der Waals surface area contributed by atoms with E-state index in [1.165, 1.54) is 20.8 Å². The Kier molecular flexibility index (Phi) is 11.0. The van der Waals surface area contributed by atoms with Crippen molar-refractivity contribution in [1.82, 2.24) is 28.9 Å². The van der Waals surface area contributed by atoms with Gasteiger partial charge in [0.15, 0.2) is 0 Å². The molecule has 4 aromatic rings. The van der Waals surface area contributed by atoms with E-state index in [-0.39, 0.29) is 18.2 Å². The number of hydrazine groups is 1. The number of esters is 1. The van der Waals surface area contributed by atoms with Gasteiger partial charge in [-0.3, -0.25) is 24.4 Å². The molecule has 1 unspecified atom stereocenters. The van der Waals surface area contributed by atoms with E-state index in [1.54, 1.807) is 13.3 Å². The van der Waals surface area contributed by atoms with Crippen molar-refractivity contribution in [3.63, 3.8) is 0 Å². The highest BCUT2D eigenvalue weighted by atomic mass is 32.1. The average Bonchev–Trinajstić information content (AvgIpc) is 3.74. The van der Waals surface area contributed by atoms with Crippen LogP contribution in [0, 0.1) is 22.2 Å². The van der Waals surface area contributed by atoms with E-state index in [4.69, 9.17) is 32.1 Å². The number of carbonyl (C=O) groups is 3. The van der Waals surface area contributed by atoms with Gasteiger partial charge in [0.1, 0.15) is 16.9 Å². The fourth-order valence-corrected chi connectivity index (χ4v) is 11.4. The Morgan fingerprint density at radius 1 is 1.26 bits per heavy atom. The van der Waals surface area contributed by atoms with Crippen molar-refractivity contribution in [1.29, 1.82) is 5.26 Å². The van der Waals surface area contributed by atoms with Gasteiger partial charge in [0.25, 0.3) is 8.96 Å². The molecule has 2 amide bonds. The first-order valence-electron chi connectivity index (χ1n) is 18.2. The number of hydrogen-bond acceptors (Lipinski definition) is 12. The van der Waals surface area contributed by atoms with E-state index >= 15 is 0 Å². The maximum Gasteiger partial charge on any atom is 0.326 e. The van der Waals surface area contributed by atoms with E-state index in [2.05, 4.69) is 67.4 Å². The maximum atomic E-state index is 14.3. The summed E-state index contributed by atoms with van der Waals surface area (Å²) in [4.78, 5) is 54.5. The van der Waals surface area contributed by atoms with Crippen LogP contribution < -0.4 is 4.98 Å². The number of nitrogens with zero attached hydrogens (tertiary/aromatic N) is 6. The Bertz CT molecular complexity index is 2140. The SMILES string of the molecule is CCn1c(-c2cccnc2C(S)OC)c2c3cc(ccc31)-c1csc(n1)C[Si](NC(=O)C1(C#N)CCC1)C(=O)N1CCC[C@@H](C(=O)OCC(C)(C)C2)N1S. The molecule has 3 aromatic heterocycles. The van der Waals surface area contributed by atoms with Crippen LogP contribution in [0.5, 0.6) is 0 Å². The normalized spacial score (nSPS) is 21.1. The van der Waals surface area contributed by atoms with E-state index in [0.717, 1.165) is 45.4 Å². The van der Waals surface area contributed by atoms with Crippen LogP contribution in [0.15, 0.2) is 41.9 Å². The highest BCUT2D eigenvalue weighted by molar-refractivity contribution is 7.80. The third kappa shape index (κ3) is 7.10. The van der Waals surface area contributed by atoms with Gasteiger partial charge in [-0.1, -0.05) is 32.7 Å². The fourth-order valence-electron chi connectivity index (χ4n) is 7.63. The third-order valence-corrected chi connectivity index (χ3v) is 14.8. The van der Waals surface area contributed by atoms with Gasteiger partial charge in [-0.25, -0.2) is 4.98 Å². The van der Waals surface area contributed by atoms with Crippen LogP contribution >= 0.6 is 36.8 Å². The number of cyclic esters (lactones) is 1. The molecule has 1 saturated heterocycles. The number of nitrogens with one attached hydrogen (secondary N) is 1. The predicted octanol–water partition coefficient (Wildman–Crippen LogP) is 6.66. The van der Waals surface area contributed by atoms with Crippen LogP contribution in [-0.4, -0.2) is 76.6 Å². The molecule has 5 heterocycles. The van der Waals surface area contributed by atoms with Crippen molar-refractivity contribution in [2.75, 3.05) is 20.3 Å². The van der Waals surface area contributed by atoms with E-state index in [9.17, 15) is 19.6 Å². The summed E-state index contributed by atoms with van der Waals surface area (Å²) in [5, 5.41) is 15.1. The van der Waals surface area contributed by atoms with Crippen LogP contribution in [-0.2, 0) is 38.1 Å². The quantitative estimate of drug-likeness (QED) is 0.0845. The van der Waals surface area contributed by atoms with Crippen molar-refractivity contribution in [3.05, 3.63) is 58.2 Å². The van der Waals surface area contributed by atoms with Crippen LogP contribution in [0.25, 0.3) is 33.4 Å². The minimum atomic E-state index is -2.38. The van der Waals surface area contributed by atoms with Crippen LogP contribution in [0.2, 0.25) is 0 Å². The van der Waals surface area contributed by atoms with Crippen molar-refractivity contribution in [3.8, 4) is 28.6 Å². The zero-order valence-corrected chi connectivity index (χ0v) is 34.4. The first-order chi connectivity index (χ1) is 25.9. The molecule has 16 heteroatoms. The lowest BCUT2D eigenvalue weighted by Gasteiger charge is -2.41. The summed E-state index contributed by atoms with van der Waals surface area (Å²) in [5.41, 5.74) is 3.91. The van der Waals surface area contributed by atoms with Gasteiger partial charge in [0.05, 0.1) is 34.8 Å². The summed E-state index contributed by atoms with van der Waals surface area (Å²) in [6.07, 6.45) is 5.03. The number of thiazole rings is 1. The smallest absolute Gasteiger partial charge is 0.326 e. The molecule has 1 radical (unpaired) electrons. The topological polar surface area (TPSA) is 143 Å². The Morgan fingerprint density at radius 3 is 2.76 bits per heavy atom. The monoisotopic (exact) mass is 802 g/mol. The van der Waals surface area contributed by atoms with Crippen molar-refractivity contribution >= 4 is 74.0 Å². The number of benzene rings is 1. The average molecular weight is 803 g/mol. The highest BCUT2D eigenvalue weighted by Crippen LogP contribution is 2.43. The zero-order valence-electron chi connectivity index (χ0n) is 30.8. The number of hydrogen-bond donors (Lipinski definition) is 3. The molecule has 1 saturated carbocycles. The first kappa shape index (κ1) is 38.5. The number of rotatable bonds is 6. The predicted molar refractivity (Wildman–Crippen MR) is 215 cm³/mol. The molecular weight excluding hydrogens is 759 g/mol. The van der Waals surface area contributed by atoms with Crippen LogP contribution in [0.1, 0.15) is 74.6 Å². The van der Waals surface area contributed by atoms with Crippen LogP contribution in [0.3, 0.4) is 0 Å². The molecule has 6 bridgehead atoms. The van der Waals surface area contributed by atoms with E-state index in [1.807, 2.05) is 17.5 Å². The number of fused-ring (bicyclic) bond motifs is 6. The molecule has 7 rings (SSSR count). The number of methoxy groups -OCH3 is 1. The first-order valence-corrected chi connectivity index (χ1v) is 21.7. The summed E-state index contributed by atoms with van der Waals surface area (Å²) in [5.74, 6) is -0.887. The van der Waals surface area contributed by atoms with E-state index in [0.29, 0.717) is 55.9 Å². The summed E-state index contributed by atoms with van der Waals surface area (Å²) in [7, 11) is -0.772. The number of nitriles is 1. The Morgan fingerprint density at radius 2 is 2.06 bits per heavy atom. The van der Waals surface area contributed by atoms with Crippen molar-refractivity contribution in [2.24, 2.45) is 10.8 Å². The van der Waals surface area contributed by atoms with Gasteiger partial charge in [0.2, 0.25) is 11.4 Å². The minimum absolute atomic E-state index is 0.125.